The van der Waals surface area contributed by atoms with Crippen LogP contribution in [0.5, 0.6) is 0 Å². The maximum absolute atomic E-state index is 11.4. The molecule has 2 amide bonds. The minimum atomic E-state index is -0.943. The van der Waals surface area contributed by atoms with E-state index in [1.54, 1.807) is 0 Å². The number of hydrogen-bond acceptors (Lipinski definition) is 4. The van der Waals surface area contributed by atoms with Crippen molar-refractivity contribution in [3.63, 3.8) is 0 Å². The fourth-order valence-electron chi connectivity index (χ4n) is 1.54. The van der Waals surface area contributed by atoms with Crippen LogP contribution >= 0.6 is 0 Å². The highest BCUT2D eigenvalue weighted by molar-refractivity contribution is 5.85. The van der Waals surface area contributed by atoms with Crippen molar-refractivity contribution in [2.45, 2.75) is 27.2 Å². The molecule has 0 radical (unpaired) electrons. The van der Waals surface area contributed by atoms with Crippen molar-refractivity contribution < 1.29 is 19.5 Å². The lowest BCUT2D eigenvalue weighted by Gasteiger charge is -2.23. The molecule has 5 N–H and O–H groups in total. The molecular weight excluding hydrogens is 250 g/mol. The van der Waals surface area contributed by atoms with Gasteiger partial charge in [-0.3, -0.25) is 14.4 Å². The molecule has 19 heavy (non-hydrogen) atoms. The van der Waals surface area contributed by atoms with E-state index < -0.39 is 23.7 Å². The second-order valence-corrected chi connectivity index (χ2v) is 5.58. The van der Waals surface area contributed by atoms with Gasteiger partial charge < -0.3 is 21.5 Å². The number of carbonyl (C=O) groups is 3. The van der Waals surface area contributed by atoms with Crippen LogP contribution in [-0.2, 0) is 14.4 Å². The van der Waals surface area contributed by atoms with Crippen LogP contribution in [-0.4, -0.2) is 42.5 Å². The van der Waals surface area contributed by atoms with Gasteiger partial charge in [0.05, 0.1) is 19.0 Å². The van der Waals surface area contributed by atoms with Crippen LogP contribution in [0.25, 0.3) is 0 Å². The molecule has 0 aromatic rings. The summed E-state index contributed by atoms with van der Waals surface area (Å²) in [5.74, 6) is -2.45. The Morgan fingerprint density at radius 2 is 1.74 bits per heavy atom. The normalized spacial score (nSPS) is 12.6. The Morgan fingerprint density at radius 1 is 1.16 bits per heavy atom. The summed E-state index contributed by atoms with van der Waals surface area (Å²) in [5.41, 5.74) is 4.93. The fourth-order valence-corrected chi connectivity index (χ4v) is 1.54. The Kier molecular flexibility index (Phi) is 7.06. The summed E-state index contributed by atoms with van der Waals surface area (Å²) in [6.07, 6.45) is 0.456. The predicted octanol–water partition coefficient (Wildman–Crippen LogP) is -0.685. The highest BCUT2D eigenvalue weighted by Crippen LogP contribution is 2.24. The lowest BCUT2D eigenvalue weighted by atomic mass is 9.84. The number of carboxylic acids is 1. The first kappa shape index (κ1) is 17.4. The maximum Gasteiger partial charge on any atom is 0.308 e. The number of hydrogen-bond donors (Lipinski definition) is 4. The summed E-state index contributed by atoms with van der Waals surface area (Å²) in [4.78, 5) is 33.3. The largest absolute Gasteiger partial charge is 0.481 e. The molecule has 1 unspecified atom stereocenters. The molecule has 0 rings (SSSR count). The molecule has 0 aliphatic rings. The van der Waals surface area contributed by atoms with E-state index in [0.717, 1.165) is 0 Å². The topological polar surface area (TPSA) is 122 Å². The molecule has 7 nitrogen and oxygen atoms in total. The molecule has 0 heterocycles. The van der Waals surface area contributed by atoms with E-state index in [9.17, 15) is 14.4 Å². The molecule has 0 aromatic heterocycles. The molecule has 1 atom stereocenters. The van der Waals surface area contributed by atoms with Gasteiger partial charge in [-0.25, -0.2) is 0 Å². The zero-order valence-corrected chi connectivity index (χ0v) is 11.7. The number of amides is 2. The maximum atomic E-state index is 11.4. The number of carbonyl (C=O) groups excluding carboxylic acids is 2. The first-order chi connectivity index (χ1) is 8.65. The standard InChI is InChI=1S/C12H23N3O4/c1-12(2,3)4-8(11(18)19)6-14-10(17)7-15-9(16)5-13/h8H,4-7,13H2,1-3H3,(H,14,17)(H,15,16)(H,18,19). The minimum absolute atomic E-state index is 0.0456. The fraction of sp³-hybridized carbons (Fsp3) is 0.750. The first-order valence-corrected chi connectivity index (χ1v) is 6.12. The molecule has 0 bridgehead atoms. The van der Waals surface area contributed by atoms with Gasteiger partial charge in [0.25, 0.3) is 0 Å². The van der Waals surface area contributed by atoms with Crippen molar-refractivity contribution in [2.75, 3.05) is 19.6 Å². The summed E-state index contributed by atoms with van der Waals surface area (Å²) in [7, 11) is 0. The molecule has 0 saturated heterocycles. The highest BCUT2D eigenvalue weighted by Gasteiger charge is 2.24. The summed E-state index contributed by atoms with van der Waals surface area (Å²) >= 11 is 0. The number of rotatable bonds is 7. The zero-order valence-electron chi connectivity index (χ0n) is 11.7. The van der Waals surface area contributed by atoms with Crippen molar-refractivity contribution in [1.82, 2.24) is 10.6 Å². The number of carboxylic acid groups (broad SMARTS) is 1. The van der Waals surface area contributed by atoms with Gasteiger partial charge in [0.1, 0.15) is 0 Å². The molecule has 0 fully saturated rings. The van der Waals surface area contributed by atoms with Crippen molar-refractivity contribution in [1.29, 1.82) is 0 Å². The SMILES string of the molecule is CC(C)(C)CC(CNC(=O)CNC(=O)CN)C(=O)O. The third-order valence-electron chi connectivity index (χ3n) is 2.39. The van der Waals surface area contributed by atoms with Crippen LogP contribution < -0.4 is 16.4 Å². The van der Waals surface area contributed by atoms with Gasteiger partial charge in [0.15, 0.2) is 0 Å². The van der Waals surface area contributed by atoms with Crippen molar-refractivity contribution in [3.8, 4) is 0 Å². The lowest BCUT2D eigenvalue weighted by Crippen LogP contribution is -2.42. The van der Waals surface area contributed by atoms with Crippen LogP contribution in [0.15, 0.2) is 0 Å². The Morgan fingerprint density at radius 3 is 2.16 bits per heavy atom. The molecule has 7 heteroatoms. The van der Waals surface area contributed by atoms with Crippen LogP contribution in [0.2, 0.25) is 0 Å². The van der Waals surface area contributed by atoms with Crippen molar-refractivity contribution >= 4 is 17.8 Å². The molecule has 0 aromatic carbocycles. The van der Waals surface area contributed by atoms with Crippen LogP contribution in [0, 0.1) is 11.3 Å². The molecule has 0 saturated carbocycles. The van der Waals surface area contributed by atoms with E-state index >= 15 is 0 Å². The van der Waals surface area contributed by atoms with E-state index in [4.69, 9.17) is 10.8 Å². The Hall–Kier alpha value is -1.63. The minimum Gasteiger partial charge on any atom is -0.481 e. The van der Waals surface area contributed by atoms with E-state index in [0.29, 0.717) is 6.42 Å². The predicted molar refractivity (Wildman–Crippen MR) is 70.3 cm³/mol. The quantitative estimate of drug-likeness (QED) is 0.489. The monoisotopic (exact) mass is 273 g/mol. The van der Waals surface area contributed by atoms with Gasteiger partial charge in [0, 0.05) is 6.54 Å². The summed E-state index contributed by atoms with van der Waals surface area (Å²) in [5, 5.41) is 13.9. The van der Waals surface area contributed by atoms with Gasteiger partial charge in [-0.2, -0.15) is 0 Å². The average Bonchev–Trinajstić information content (AvgIpc) is 2.29. The summed E-state index contributed by atoms with van der Waals surface area (Å²) in [6.45, 7) is 5.47. The summed E-state index contributed by atoms with van der Waals surface area (Å²) < 4.78 is 0. The van der Waals surface area contributed by atoms with Crippen molar-refractivity contribution in [3.05, 3.63) is 0 Å². The molecule has 0 spiro atoms. The Balaban J connectivity index is 4.15. The number of nitrogens with two attached hydrogens (primary N) is 1. The second-order valence-electron chi connectivity index (χ2n) is 5.58. The van der Waals surface area contributed by atoms with E-state index in [1.165, 1.54) is 0 Å². The van der Waals surface area contributed by atoms with Gasteiger partial charge >= 0.3 is 5.97 Å². The van der Waals surface area contributed by atoms with Crippen LogP contribution in [0.4, 0.5) is 0 Å². The Bertz CT molecular complexity index is 336. The van der Waals surface area contributed by atoms with E-state index in [1.807, 2.05) is 20.8 Å². The average molecular weight is 273 g/mol. The smallest absolute Gasteiger partial charge is 0.308 e. The van der Waals surface area contributed by atoms with E-state index in [2.05, 4.69) is 10.6 Å². The van der Waals surface area contributed by atoms with Crippen LogP contribution in [0.1, 0.15) is 27.2 Å². The summed E-state index contributed by atoms with van der Waals surface area (Å²) in [6, 6.07) is 0. The third kappa shape index (κ3) is 9.01. The van der Waals surface area contributed by atoms with Gasteiger partial charge in [-0.05, 0) is 11.8 Å². The van der Waals surface area contributed by atoms with Gasteiger partial charge in [0.2, 0.25) is 11.8 Å². The Labute approximate surface area is 112 Å². The highest BCUT2D eigenvalue weighted by atomic mass is 16.4. The van der Waals surface area contributed by atoms with Crippen LogP contribution in [0.3, 0.4) is 0 Å². The molecular formula is C12H23N3O4. The molecule has 110 valence electrons. The zero-order chi connectivity index (χ0) is 15.1. The van der Waals surface area contributed by atoms with Gasteiger partial charge in [-0.1, -0.05) is 20.8 Å². The third-order valence-corrected chi connectivity index (χ3v) is 2.39. The molecule has 0 aliphatic carbocycles. The first-order valence-electron chi connectivity index (χ1n) is 6.12. The van der Waals surface area contributed by atoms with Crippen molar-refractivity contribution in [2.24, 2.45) is 17.1 Å². The number of nitrogens with one attached hydrogen (secondary N) is 2. The van der Waals surface area contributed by atoms with E-state index in [-0.39, 0.29) is 25.0 Å². The molecule has 0 aliphatic heterocycles. The second kappa shape index (κ2) is 7.73. The lowest BCUT2D eigenvalue weighted by molar-refractivity contribution is -0.142. The van der Waals surface area contributed by atoms with Gasteiger partial charge in [-0.15, -0.1) is 0 Å². The number of aliphatic carboxylic acids is 1.